The predicted octanol–water partition coefficient (Wildman–Crippen LogP) is 0.414. The summed E-state index contributed by atoms with van der Waals surface area (Å²) in [5, 5.41) is 0. The van der Waals surface area contributed by atoms with Crippen molar-refractivity contribution < 1.29 is 23.8 Å². The third-order valence-electron chi connectivity index (χ3n) is 2.59. The van der Waals surface area contributed by atoms with Crippen molar-refractivity contribution in [2.24, 2.45) is 0 Å². The third kappa shape index (κ3) is 2.54. The Hall–Kier alpha value is -0.940. The Morgan fingerprint density at radius 1 is 0.933 bits per heavy atom. The molecule has 0 aromatic rings. The van der Waals surface area contributed by atoms with Crippen LogP contribution >= 0.6 is 0 Å². The fourth-order valence-electron chi connectivity index (χ4n) is 1.76. The van der Waals surface area contributed by atoms with Crippen molar-refractivity contribution in [1.82, 2.24) is 0 Å². The van der Waals surface area contributed by atoms with Crippen LogP contribution in [0.2, 0.25) is 0 Å². The average Bonchev–Trinajstić information content (AvgIpc) is 2.91. The van der Waals surface area contributed by atoms with Crippen molar-refractivity contribution in [3.8, 4) is 0 Å². The van der Waals surface area contributed by atoms with Crippen molar-refractivity contribution in [3.63, 3.8) is 0 Å². The molecular formula is C10H14O5. The molecule has 0 aromatic carbocycles. The normalized spacial score (nSPS) is 30.4. The number of esters is 2. The van der Waals surface area contributed by atoms with Gasteiger partial charge in [0.15, 0.2) is 12.2 Å². The molecule has 2 aliphatic rings. The maximum atomic E-state index is 11.4. The molecule has 2 fully saturated rings. The first-order valence-corrected chi connectivity index (χ1v) is 5.26. The molecule has 15 heavy (non-hydrogen) atoms. The van der Waals surface area contributed by atoms with E-state index in [1.807, 2.05) is 0 Å². The van der Waals surface area contributed by atoms with Crippen LogP contribution in [0.25, 0.3) is 0 Å². The van der Waals surface area contributed by atoms with Gasteiger partial charge in [-0.3, -0.25) is 0 Å². The Labute approximate surface area is 87.7 Å². The lowest BCUT2D eigenvalue weighted by Crippen LogP contribution is -2.30. The Balaban J connectivity index is 1.79. The number of ether oxygens (including phenoxy) is 3. The summed E-state index contributed by atoms with van der Waals surface area (Å²) in [5.41, 5.74) is 0. The molecule has 0 unspecified atom stereocenters. The molecule has 0 N–H and O–H groups in total. The summed E-state index contributed by atoms with van der Waals surface area (Å²) in [5.74, 6) is -1.15. The van der Waals surface area contributed by atoms with Gasteiger partial charge in [-0.05, 0) is 25.7 Å². The molecule has 0 bridgehead atoms. The molecule has 2 saturated heterocycles. The van der Waals surface area contributed by atoms with Crippen LogP contribution in [-0.4, -0.2) is 37.4 Å². The zero-order valence-electron chi connectivity index (χ0n) is 8.44. The van der Waals surface area contributed by atoms with Gasteiger partial charge in [-0.25, -0.2) is 9.59 Å². The largest absolute Gasteiger partial charge is 0.389 e. The highest BCUT2D eigenvalue weighted by molar-refractivity contribution is 5.90. The molecule has 0 aromatic heterocycles. The first-order chi connectivity index (χ1) is 7.27. The fourth-order valence-corrected chi connectivity index (χ4v) is 1.76. The molecule has 2 heterocycles. The first kappa shape index (κ1) is 10.6. The summed E-state index contributed by atoms with van der Waals surface area (Å²) in [7, 11) is 0. The molecule has 2 atom stereocenters. The molecule has 5 nitrogen and oxygen atoms in total. The van der Waals surface area contributed by atoms with Crippen LogP contribution in [0, 0.1) is 0 Å². The molecule has 2 rings (SSSR count). The van der Waals surface area contributed by atoms with Crippen LogP contribution in [0.1, 0.15) is 25.7 Å². The van der Waals surface area contributed by atoms with Crippen LogP contribution in [0.3, 0.4) is 0 Å². The minimum Gasteiger partial charge on any atom is -0.389 e. The van der Waals surface area contributed by atoms with Crippen molar-refractivity contribution in [2.75, 3.05) is 13.2 Å². The van der Waals surface area contributed by atoms with Crippen LogP contribution in [-0.2, 0) is 23.8 Å². The van der Waals surface area contributed by atoms with E-state index in [4.69, 9.17) is 14.2 Å². The maximum Gasteiger partial charge on any atom is 0.342 e. The van der Waals surface area contributed by atoms with E-state index in [-0.39, 0.29) is 0 Å². The van der Waals surface area contributed by atoms with Gasteiger partial charge in [0.05, 0.1) is 0 Å². The summed E-state index contributed by atoms with van der Waals surface area (Å²) in [6, 6.07) is 0. The standard InChI is InChI=1S/C10H14O5/c11-9(7-3-1-5-13-7)15-10(12)8-4-2-6-14-8/h7-8H,1-6H2/t7-,8-/m1/s1. The summed E-state index contributed by atoms with van der Waals surface area (Å²) in [6.07, 6.45) is 1.84. The SMILES string of the molecule is O=C(OC(=O)[C@H]1CCCO1)[C@H]1CCCO1. The first-order valence-electron chi connectivity index (χ1n) is 5.26. The van der Waals surface area contributed by atoms with E-state index >= 15 is 0 Å². The second-order valence-corrected chi connectivity index (χ2v) is 3.74. The molecule has 0 spiro atoms. The van der Waals surface area contributed by atoms with Crippen LogP contribution in [0.5, 0.6) is 0 Å². The summed E-state index contributed by atoms with van der Waals surface area (Å²) in [4.78, 5) is 22.8. The van der Waals surface area contributed by atoms with E-state index in [0.717, 1.165) is 12.8 Å². The predicted molar refractivity (Wildman–Crippen MR) is 49.0 cm³/mol. The van der Waals surface area contributed by atoms with Crippen molar-refractivity contribution in [1.29, 1.82) is 0 Å². The molecule has 0 amide bonds. The second kappa shape index (κ2) is 4.72. The van der Waals surface area contributed by atoms with Crippen molar-refractivity contribution >= 4 is 11.9 Å². The number of hydrogen-bond acceptors (Lipinski definition) is 5. The number of carbonyl (C=O) groups is 2. The lowest BCUT2D eigenvalue weighted by Gasteiger charge is -2.10. The van der Waals surface area contributed by atoms with E-state index in [1.165, 1.54) is 0 Å². The molecule has 5 heteroatoms. The van der Waals surface area contributed by atoms with Gasteiger partial charge in [0.2, 0.25) is 0 Å². The smallest absolute Gasteiger partial charge is 0.342 e. The third-order valence-corrected chi connectivity index (χ3v) is 2.59. The topological polar surface area (TPSA) is 61.8 Å². The maximum absolute atomic E-state index is 11.4. The minimum absolute atomic E-state index is 0.560. The molecule has 0 saturated carbocycles. The Kier molecular flexibility index (Phi) is 3.33. The van der Waals surface area contributed by atoms with E-state index in [2.05, 4.69) is 0 Å². The van der Waals surface area contributed by atoms with Gasteiger partial charge in [-0.15, -0.1) is 0 Å². The lowest BCUT2D eigenvalue weighted by atomic mass is 10.2. The van der Waals surface area contributed by atoms with Gasteiger partial charge >= 0.3 is 11.9 Å². The van der Waals surface area contributed by atoms with Gasteiger partial charge in [0.25, 0.3) is 0 Å². The van der Waals surface area contributed by atoms with Crippen LogP contribution < -0.4 is 0 Å². The lowest BCUT2D eigenvalue weighted by molar-refractivity contribution is -0.172. The van der Waals surface area contributed by atoms with E-state index < -0.39 is 24.1 Å². The van der Waals surface area contributed by atoms with Gasteiger partial charge in [-0.1, -0.05) is 0 Å². The number of carbonyl (C=O) groups excluding carboxylic acids is 2. The molecule has 0 radical (unpaired) electrons. The number of rotatable bonds is 2. The minimum atomic E-state index is -0.576. The van der Waals surface area contributed by atoms with Gasteiger partial charge in [-0.2, -0.15) is 0 Å². The molecule has 2 aliphatic heterocycles. The summed E-state index contributed by atoms with van der Waals surface area (Å²) < 4.78 is 14.9. The average molecular weight is 214 g/mol. The van der Waals surface area contributed by atoms with Gasteiger partial charge in [0, 0.05) is 13.2 Å². The van der Waals surface area contributed by atoms with E-state index in [0.29, 0.717) is 26.1 Å². The summed E-state index contributed by atoms with van der Waals surface area (Å²) >= 11 is 0. The highest BCUT2D eigenvalue weighted by atomic mass is 16.6. The van der Waals surface area contributed by atoms with E-state index in [1.54, 1.807) is 0 Å². The monoisotopic (exact) mass is 214 g/mol. The number of hydrogen-bond donors (Lipinski definition) is 0. The van der Waals surface area contributed by atoms with Gasteiger partial charge < -0.3 is 14.2 Å². The fraction of sp³-hybridized carbons (Fsp3) is 0.800. The highest BCUT2D eigenvalue weighted by Gasteiger charge is 2.31. The van der Waals surface area contributed by atoms with Crippen molar-refractivity contribution in [2.45, 2.75) is 37.9 Å². The Bertz CT molecular complexity index is 225. The van der Waals surface area contributed by atoms with Crippen LogP contribution in [0.4, 0.5) is 0 Å². The molecular weight excluding hydrogens is 200 g/mol. The quantitative estimate of drug-likeness (QED) is 0.492. The summed E-state index contributed by atoms with van der Waals surface area (Å²) in [6.45, 7) is 1.13. The molecule has 84 valence electrons. The zero-order valence-corrected chi connectivity index (χ0v) is 8.44. The zero-order chi connectivity index (χ0) is 10.7. The van der Waals surface area contributed by atoms with Crippen molar-refractivity contribution in [3.05, 3.63) is 0 Å². The highest BCUT2D eigenvalue weighted by Crippen LogP contribution is 2.16. The molecule has 0 aliphatic carbocycles. The Morgan fingerprint density at radius 2 is 1.40 bits per heavy atom. The Morgan fingerprint density at radius 3 is 1.73 bits per heavy atom. The van der Waals surface area contributed by atoms with Gasteiger partial charge in [0.1, 0.15) is 0 Å². The second-order valence-electron chi connectivity index (χ2n) is 3.74. The van der Waals surface area contributed by atoms with Crippen LogP contribution in [0.15, 0.2) is 0 Å². The van der Waals surface area contributed by atoms with E-state index in [9.17, 15) is 9.59 Å².